The molecule has 0 amide bonds. The number of likely N-dealkylation sites (tertiary alicyclic amines) is 1. The first-order chi connectivity index (χ1) is 10.2. The van der Waals surface area contributed by atoms with E-state index in [0.29, 0.717) is 5.92 Å². The van der Waals surface area contributed by atoms with Crippen molar-refractivity contribution in [1.29, 1.82) is 0 Å². The molecule has 0 saturated carbocycles. The van der Waals surface area contributed by atoms with E-state index in [1.807, 2.05) is 31.5 Å². The molecule has 1 aliphatic heterocycles. The molecule has 1 atom stereocenters. The summed E-state index contributed by atoms with van der Waals surface area (Å²) >= 11 is 0. The van der Waals surface area contributed by atoms with E-state index in [2.05, 4.69) is 22.0 Å². The normalized spacial score (nSPS) is 19.0. The van der Waals surface area contributed by atoms with Crippen molar-refractivity contribution in [3.05, 3.63) is 65.2 Å². The lowest BCUT2D eigenvalue weighted by Crippen LogP contribution is -2.20. The SMILES string of the molecule is Cc1cc(CC2CCN(Cc3ccncc3)C2)ccc1F. The quantitative estimate of drug-likeness (QED) is 0.853. The molecule has 0 bridgehead atoms. The fourth-order valence-corrected chi connectivity index (χ4v) is 3.14. The van der Waals surface area contributed by atoms with E-state index in [0.717, 1.165) is 31.6 Å². The van der Waals surface area contributed by atoms with E-state index >= 15 is 0 Å². The van der Waals surface area contributed by atoms with Crippen molar-refractivity contribution in [2.24, 2.45) is 5.92 Å². The summed E-state index contributed by atoms with van der Waals surface area (Å²) in [7, 11) is 0. The molecule has 21 heavy (non-hydrogen) atoms. The number of halogens is 1. The molecule has 1 fully saturated rings. The van der Waals surface area contributed by atoms with Gasteiger partial charge in [-0.25, -0.2) is 4.39 Å². The van der Waals surface area contributed by atoms with Crippen LogP contribution in [0.5, 0.6) is 0 Å². The monoisotopic (exact) mass is 284 g/mol. The zero-order valence-electron chi connectivity index (χ0n) is 12.4. The molecule has 0 aliphatic carbocycles. The van der Waals surface area contributed by atoms with E-state index in [1.165, 1.54) is 17.5 Å². The van der Waals surface area contributed by atoms with Crippen molar-refractivity contribution in [1.82, 2.24) is 9.88 Å². The Balaban J connectivity index is 1.56. The number of nitrogens with zero attached hydrogens (tertiary/aromatic N) is 2. The van der Waals surface area contributed by atoms with Crippen LogP contribution in [0.2, 0.25) is 0 Å². The third-order valence-corrected chi connectivity index (χ3v) is 4.27. The molecule has 2 nitrogen and oxygen atoms in total. The molecule has 1 unspecified atom stereocenters. The predicted octanol–water partition coefficient (Wildman–Crippen LogP) is 3.59. The van der Waals surface area contributed by atoms with Gasteiger partial charge >= 0.3 is 0 Å². The Kier molecular flexibility index (Phi) is 4.30. The highest BCUT2D eigenvalue weighted by molar-refractivity contribution is 5.24. The molecule has 0 spiro atoms. The standard InChI is InChI=1S/C18H21FN2/c1-14-10-16(2-3-18(14)19)11-17-6-9-21(13-17)12-15-4-7-20-8-5-15/h2-5,7-8,10,17H,6,9,11-13H2,1H3. The molecule has 1 aliphatic rings. The first-order valence-corrected chi connectivity index (χ1v) is 7.57. The minimum Gasteiger partial charge on any atom is -0.299 e. The van der Waals surface area contributed by atoms with Gasteiger partial charge in [0.15, 0.2) is 0 Å². The number of pyridine rings is 1. The van der Waals surface area contributed by atoms with Crippen molar-refractivity contribution in [2.45, 2.75) is 26.3 Å². The van der Waals surface area contributed by atoms with Crippen molar-refractivity contribution in [2.75, 3.05) is 13.1 Å². The second-order valence-electron chi connectivity index (χ2n) is 6.03. The molecular formula is C18H21FN2. The van der Waals surface area contributed by atoms with Crippen LogP contribution in [0, 0.1) is 18.7 Å². The maximum absolute atomic E-state index is 13.3. The number of hydrogen-bond acceptors (Lipinski definition) is 2. The van der Waals surface area contributed by atoms with Crippen LogP contribution in [0.4, 0.5) is 4.39 Å². The minimum atomic E-state index is -0.107. The summed E-state index contributed by atoms with van der Waals surface area (Å²) in [4.78, 5) is 6.55. The molecule has 3 rings (SSSR count). The number of aryl methyl sites for hydroxylation is 1. The molecule has 3 heteroatoms. The van der Waals surface area contributed by atoms with Gasteiger partial charge in [0.1, 0.15) is 5.82 Å². The molecule has 1 aromatic heterocycles. The van der Waals surface area contributed by atoms with Crippen LogP contribution in [0.1, 0.15) is 23.1 Å². The van der Waals surface area contributed by atoms with Gasteiger partial charge in [-0.3, -0.25) is 9.88 Å². The number of benzene rings is 1. The van der Waals surface area contributed by atoms with E-state index in [1.54, 1.807) is 6.07 Å². The lowest BCUT2D eigenvalue weighted by molar-refractivity contribution is 0.316. The second kappa shape index (κ2) is 6.35. The third-order valence-electron chi connectivity index (χ3n) is 4.27. The van der Waals surface area contributed by atoms with Gasteiger partial charge in [0.05, 0.1) is 0 Å². The van der Waals surface area contributed by atoms with Crippen LogP contribution < -0.4 is 0 Å². The van der Waals surface area contributed by atoms with Gasteiger partial charge in [-0.15, -0.1) is 0 Å². The zero-order valence-corrected chi connectivity index (χ0v) is 12.4. The second-order valence-corrected chi connectivity index (χ2v) is 6.03. The Morgan fingerprint density at radius 1 is 1.19 bits per heavy atom. The van der Waals surface area contributed by atoms with Crippen molar-refractivity contribution < 1.29 is 4.39 Å². The Labute approximate surface area is 125 Å². The Morgan fingerprint density at radius 3 is 2.76 bits per heavy atom. The van der Waals surface area contributed by atoms with Gasteiger partial charge in [0.25, 0.3) is 0 Å². The molecule has 1 saturated heterocycles. The van der Waals surface area contributed by atoms with Crippen molar-refractivity contribution in [3.63, 3.8) is 0 Å². The van der Waals surface area contributed by atoms with E-state index in [4.69, 9.17) is 0 Å². The predicted molar refractivity (Wildman–Crippen MR) is 82.5 cm³/mol. The van der Waals surface area contributed by atoms with Crippen LogP contribution in [0.25, 0.3) is 0 Å². The summed E-state index contributed by atoms with van der Waals surface area (Å²) in [6.45, 7) is 5.11. The lowest BCUT2D eigenvalue weighted by Gasteiger charge is -2.16. The Hall–Kier alpha value is -1.74. The molecule has 2 heterocycles. The van der Waals surface area contributed by atoms with Crippen LogP contribution >= 0.6 is 0 Å². The maximum Gasteiger partial charge on any atom is 0.126 e. The number of rotatable bonds is 4. The number of hydrogen-bond donors (Lipinski definition) is 0. The third kappa shape index (κ3) is 3.67. The summed E-state index contributed by atoms with van der Waals surface area (Å²) in [5.41, 5.74) is 3.33. The number of aromatic nitrogens is 1. The summed E-state index contributed by atoms with van der Waals surface area (Å²) in [5.74, 6) is 0.571. The first-order valence-electron chi connectivity index (χ1n) is 7.57. The summed E-state index contributed by atoms with van der Waals surface area (Å²) in [5, 5.41) is 0. The van der Waals surface area contributed by atoms with Crippen LogP contribution in [-0.4, -0.2) is 23.0 Å². The molecule has 0 radical (unpaired) electrons. The summed E-state index contributed by atoms with van der Waals surface area (Å²) < 4.78 is 13.3. The van der Waals surface area contributed by atoms with Crippen molar-refractivity contribution >= 4 is 0 Å². The maximum atomic E-state index is 13.3. The largest absolute Gasteiger partial charge is 0.299 e. The lowest BCUT2D eigenvalue weighted by atomic mass is 9.97. The zero-order chi connectivity index (χ0) is 14.7. The molecule has 2 aromatic rings. The smallest absolute Gasteiger partial charge is 0.126 e. The average molecular weight is 284 g/mol. The highest BCUT2D eigenvalue weighted by Gasteiger charge is 2.22. The summed E-state index contributed by atoms with van der Waals surface area (Å²) in [6.07, 6.45) is 5.98. The van der Waals surface area contributed by atoms with Crippen LogP contribution in [-0.2, 0) is 13.0 Å². The van der Waals surface area contributed by atoms with Crippen LogP contribution in [0.15, 0.2) is 42.7 Å². The van der Waals surface area contributed by atoms with Gasteiger partial charge in [0, 0.05) is 25.5 Å². The average Bonchev–Trinajstić information content (AvgIpc) is 2.91. The molecule has 0 N–H and O–H groups in total. The fraction of sp³-hybridized carbons (Fsp3) is 0.389. The highest BCUT2D eigenvalue weighted by atomic mass is 19.1. The van der Waals surface area contributed by atoms with Gasteiger partial charge in [0.2, 0.25) is 0 Å². The van der Waals surface area contributed by atoms with Gasteiger partial charge in [-0.1, -0.05) is 12.1 Å². The molecular weight excluding hydrogens is 263 g/mol. The first kappa shape index (κ1) is 14.2. The topological polar surface area (TPSA) is 16.1 Å². The minimum absolute atomic E-state index is 0.107. The van der Waals surface area contributed by atoms with Gasteiger partial charge in [-0.05, 0) is 67.1 Å². The van der Waals surface area contributed by atoms with E-state index in [9.17, 15) is 4.39 Å². The van der Waals surface area contributed by atoms with Crippen LogP contribution in [0.3, 0.4) is 0 Å². The highest BCUT2D eigenvalue weighted by Crippen LogP contribution is 2.23. The summed E-state index contributed by atoms with van der Waals surface area (Å²) in [6, 6.07) is 9.66. The fourth-order valence-electron chi connectivity index (χ4n) is 3.14. The van der Waals surface area contributed by atoms with E-state index in [-0.39, 0.29) is 5.82 Å². The van der Waals surface area contributed by atoms with Crippen molar-refractivity contribution in [3.8, 4) is 0 Å². The van der Waals surface area contributed by atoms with Gasteiger partial charge < -0.3 is 0 Å². The van der Waals surface area contributed by atoms with E-state index < -0.39 is 0 Å². The van der Waals surface area contributed by atoms with Gasteiger partial charge in [-0.2, -0.15) is 0 Å². The molecule has 110 valence electrons. The Morgan fingerprint density at radius 2 is 2.00 bits per heavy atom. The Bertz CT molecular complexity index is 597. The molecule has 1 aromatic carbocycles.